The van der Waals surface area contributed by atoms with Crippen LogP contribution in [0.25, 0.3) is 0 Å². The van der Waals surface area contributed by atoms with Crippen LogP contribution in [-0.4, -0.2) is 44.7 Å². The smallest absolute Gasteiger partial charge is 0.331 e. The molecule has 2 aromatic carbocycles. The number of nitrogens with one attached hydrogen (secondary N) is 2. The highest BCUT2D eigenvalue weighted by atomic mass is 16.3. The molecule has 134 valence electrons. The number of hydrogen-bond acceptors (Lipinski definition) is 8. The number of rotatable bonds is 4. The van der Waals surface area contributed by atoms with E-state index in [-0.39, 0.29) is 23.0 Å². The van der Waals surface area contributed by atoms with Crippen LogP contribution in [0.4, 0.5) is 0 Å². The van der Waals surface area contributed by atoms with E-state index in [4.69, 9.17) is 10.2 Å². The molecule has 10 nitrogen and oxygen atoms in total. The third kappa shape index (κ3) is 4.96. The van der Waals surface area contributed by atoms with Gasteiger partial charge in [0.05, 0.1) is 12.4 Å². The second-order valence-electron chi connectivity index (χ2n) is 4.89. The summed E-state index contributed by atoms with van der Waals surface area (Å²) in [6, 6.07) is 7.76. The lowest BCUT2D eigenvalue weighted by Crippen LogP contribution is -2.35. The molecule has 0 spiro atoms. The van der Waals surface area contributed by atoms with E-state index in [1.165, 1.54) is 36.4 Å². The minimum absolute atomic E-state index is 0.301. The average Bonchev–Trinajstić information content (AvgIpc) is 2.61. The summed E-state index contributed by atoms with van der Waals surface area (Å²) < 4.78 is 0. The van der Waals surface area contributed by atoms with Crippen molar-refractivity contribution in [2.45, 2.75) is 0 Å². The van der Waals surface area contributed by atoms with Crippen LogP contribution >= 0.6 is 0 Å². The Bertz CT molecular complexity index is 821. The van der Waals surface area contributed by atoms with Crippen molar-refractivity contribution >= 4 is 24.2 Å². The summed E-state index contributed by atoms with van der Waals surface area (Å²) in [5, 5.41) is 44.0. The highest BCUT2D eigenvalue weighted by Crippen LogP contribution is 2.24. The van der Waals surface area contributed by atoms with Crippen LogP contribution in [0.5, 0.6) is 23.0 Å². The molecular formula is C16H14N4O6. The lowest BCUT2D eigenvalue weighted by atomic mass is 10.2. The maximum atomic E-state index is 11.5. The maximum absolute atomic E-state index is 11.5. The Morgan fingerprint density at radius 3 is 1.42 bits per heavy atom. The molecule has 2 aromatic rings. The molecule has 0 fully saturated rings. The van der Waals surface area contributed by atoms with Crippen LogP contribution < -0.4 is 10.9 Å². The van der Waals surface area contributed by atoms with Crippen molar-refractivity contribution in [3.05, 3.63) is 47.5 Å². The lowest BCUT2D eigenvalue weighted by molar-refractivity contribution is -0.139. The molecule has 0 saturated heterocycles. The van der Waals surface area contributed by atoms with Gasteiger partial charge in [-0.2, -0.15) is 10.2 Å². The van der Waals surface area contributed by atoms with Gasteiger partial charge in [-0.05, 0) is 47.5 Å². The molecule has 0 unspecified atom stereocenters. The first-order valence-electron chi connectivity index (χ1n) is 7.07. The summed E-state index contributed by atoms with van der Waals surface area (Å²) in [6.45, 7) is 0. The normalized spacial score (nSPS) is 10.9. The second kappa shape index (κ2) is 8.15. The number of aromatic hydroxyl groups is 4. The van der Waals surface area contributed by atoms with E-state index in [9.17, 15) is 19.8 Å². The SMILES string of the molecule is O=C(NN=Cc1ccc(O)c(O)c1)C(=O)NN=Cc1ccc(O)c(O)c1. The van der Waals surface area contributed by atoms with Crippen LogP contribution in [0, 0.1) is 0 Å². The van der Waals surface area contributed by atoms with Crippen LogP contribution in [0.15, 0.2) is 46.6 Å². The van der Waals surface area contributed by atoms with Crippen molar-refractivity contribution in [3.8, 4) is 23.0 Å². The number of benzene rings is 2. The van der Waals surface area contributed by atoms with E-state index in [0.717, 1.165) is 12.4 Å². The molecule has 0 bridgehead atoms. The van der Waals surface area contributed by atoms with Crippen molar-refractivity contribution in [1.29, 1.82) is 0 Å². The second-order valence-corrected chi connectivity index (χ2v) is 4.89. The molecular weight excluding hydrogens is 344 g/mol. The van der Waals surface area contributed by atoms with Crippen molar-refractivity contribution < 1.29 is 30.0 Å². The monoisotopic (exact) mass is 358 g/mol. The van der Waals surface area contributed by atoms with Crippen LogP contribution in [0.2, 0.25) is 0 Å². The zero-order valence-corrected chi connectivity index (χ0v) is 13.1. The first kappa shape index (κ1) is 18.3. The number of carbonyl (C=O) groups is 2. The fourth-order valence-electron chi connectivity index (χ4n) is 1.67. The predicted molar refractivity (Wildman–Crippen MR) is 91.0 cm³/mol. The van der Waals surface area contributed by atoms with Crippen molar-refractivity contribution in [1.82, 2.24) is 10.9 Å². The number of phenols is 4. The molecule has 6 N–H and O–H groups in total. The zero-order valence-electron chi connectivity index (χ0n) is 13.1. The largest absolute Gasteiger partial charge is 0.504 e. The summed E-state index contributed by atoms with van der Waals surface area (Å²) in [5.41, 5.74) is 4.68. The standard InChI is InChI=1S/C16H14N4O6/c21-11-3-1-9(5-13(11)23)7-17-19-15(25)16(26)20-18-8-10-2-4-12(22)14(24)6-10/h1-8,21-24H,(H,19,25)(H,20,26). The van der Waals surface area contributed by atoms with Gasteiger partial charge in [0.1, 0.15) is 0 Å². The number of phenolic OH excluding ortho intramolecular Hbond substituents is 4. The van der Waals surface area contributed by atoms with Crippen molar-refractivity contribution in [2.24, 2.45) is 10.2 Å². The Morgan fingerprint density at radius 1 is 0.692 bits per heavy atom. The van der Waals surface area contributed by atoms with Gasteiger partial charge in [0.15, 0.2) is 23.0 Å². The molecule has 2 rings (SSSR count). The molecule has 10 heteroatoms. The first-order valence-corrected chi connectivity index (χ1v) is 7.07. The van der Waals surface area contributed by atoms with Gasteiger partial charge in [-0.1, -0.05) is 0 Å². The van der Waals surface area contributed by atoms with Gasteiger partial charge < -0.3 is 20.4 Å². The quantitative estimate of drug-likeness (QED) is 0.196. The number of hydrogen-bond donors (Lipinski definition) is 6. The van der Waals surface area contributed by atoms with Crippen LogP contribution in [-0.2, 0) is 9.59 Å². The van der Waals surface area contributed by atoms with Gasteiger partial charge in [-0.3, -0.25) is 9.59 Å². The van der Waals surface area contributed by atoms with E-state index < -0.39 is 11.8 Å². The Kier molecular flexibility index (Phi) is 5.72. The summed E-state index contributed by atoms with van der Waals surface area (Å²) >= 11 is 0. The van der Waals surface area contributed by atoms with Gasteiger partial charge >= 0.3 is 11.8 Å². The van der Waals surface area contributed by atoms with Gasteiger partial charge in [0.2, 0.25) is 0 Å². The van der Waals surface area contributed by atoms with E-state index in [1.54, 1.807) is 0 Å². The Balaban J connectivity index is 1.85. The molecule has 26 heavy (non-hydrogen) atoms. The molecule has 0 aliphatic heterocycles. The first-order chi connectivity index (χ1) is 12.4. The number of carbonyl (C=O) groups excluding carboxylic acids is 2. The van der Waals surface area contributed by atoms with Crippen LogP contribution in [0.3, 0.4) is 0 Å². The number of hydrazone groups is 2. The molecule has 0 atom stereocenters. The topological polar surface area (TPSA) is 164 Å². The lowest BCUT2D eigenvalue weighted by Gasteiger charge is -2.00. The summed E-state index contributed by atoms with van der Waals surface area (Å²) in [6.07, 6.45) is 2.32. The molecule has 0 aromatic heterocycles. The minimum atomic E-state index is -1.09. The van der Waals surface area contributed by atoms with Crippen molar-refractivity contribution in [2.75, 3.05) is 0 Å². The van der Waals surface area contributed by atoms with E-state index in [1.807, 2.05) is 10.9 Å². The summed E-state index contributed by atoms with van der Waals surface area (Å²) in [4.78, 5) is 23.0. The fourth-order valence-corrected chi connectivity index (χ4v) is 1.67. The third-order valence-electron chi connectivity index (χ3n) is 2.96. The molecule has 0 saturated carbocycles. The zero-order chi connectivity index (χ0) is 19.1. The van der Waals surface area contributed by atoms with E-state index in [2.05, 4.69) is 10.2 Å². The van der Waals surface area contributed by atoms with E-state index in [0.29, 0.717) is 11.1 Å². The van der Waals surface area contributed by atoms with Gasteiger partial charge in [0, 0.05) is 0 Å². The third-order valence-corrected chi connectivity index (χ3v) is 2.96. The average molecular weight is 358 g/mol. The molecule has 2 amide bonds. The number of nitrogens with zero attached hydrogens (tertiary/aromatic N) is 2. The fraction of sp³-hybridized carbons (Fsp3) is 0. The van der Waals surface area contributed by atoms with Gasteiger partial charge in [-0.15, -0.1) is 0 Å². The van der Waals surface area contributed by atoms with Crippen molar-refractivity contribution in [3.63, 3.8) is 0 Å². The molecule has 0 heterocycles. The maximum Gasteiger partial charge on any atom is 0.331 e. The van der Waals surface area contributed by atoms with Crippen LogP contribution in [0.1, 0.15) is 11.1 Å². The molecule has 0 aliphatic rings. The number of amides is 2. The minimum Gasteiger partial charge on any atom is -0.504 e. The Morgan fingerprint density at radius 2 is 1.08 bits per heavy atom. The summed E-state index contributed by atoms with van der Waals surface area (Å²) in [5.74, 6) is -3.49. The van der Waals surface area contributed by atoms with E-state index >= 15 is 0 Å². The molecule has 0 aliphatic carbocycles. The van der Waals surface area contributed by atoms with Gasteiger partial charge in [-0.25, -0.2) is 10.9 Å². The Labute approximate surface area is 146 Å². The highest BCUT2D eigenvalue weighted by molar-refractivity contribution is 6.35. The Hall–Kier alpha value is -4.08. The highest BCUT2D eigenvalue weighted by Gasteiger charge is 2.11. The predicted octanol–water partition coefficient (Wildman–Crippen LogP) is 0.109. The molecule has 0 radical (unpaired) electrons. The van der Waals surface area contributed by atoms with Gasteiger partial charge in [0.25, 0.3) is 0 Å². The summed E-state index contributed by atoms with van der Waals surface area (Å²) in [7, 11) is 0.